The van der Waals surface area contributed by atoms with E-state index in [0.29, 0.717) is 18.0 Å². The van der Waals surface area contributed by atoms with Crippen molar-refractivity contribution in [1.82, 2.24) is 10.2 Å². The molecule has 1 N–H and O–H groups in total. The Bertz CT molecular complexity index is 404. The van der Waals surface area contributed by atoms with Crippen LogP contribution in [0, 0.1) is 18.8 Å². The maximum atomic E-state index is 3.94. The first-order valence-corrected chi connectivity index (χ1v) is 7.94. The van der Waals surface area contributed by atoms with Crippen molar-refractivity contribution in [2.45, 2.75) is 45.7 Å². The van der Waals surface area contributed by atoms with Gasteiger partial charge in [0.05, 0.1) is 0 Å². The minimum absolute atomic E-state index is 0.531. The summed E-state index contributed by atoms with van der Waals surface area (Å²) in [7, 11) is 4.32. The van der Waals surface area contributed by atoms with Crippen molar-refractivity contribution >= 4 is 0 Å². The van der Waals surface area contributed by atoms with Crippen molar-refractivity contribution in [3.05, 3.63) is 35.4 Å². The second kappa shape index (κ2) is 6.73. The van der Waals surface area contributed by atoms with Crippen molar-refractivity contribution in [3.8, 4) is 0 Å². The zero-order valence-electron chi connectivity index (χ0n) is 13.7. The molecule has 2 unspecified atom stereocenters. The van der Waals surface area contributed by atoms with Gasteiger partial charge in [-0.25, -0.2) is 0 Å². The summed E-state index contributed by atoms with van der Waals surface area (Å²) in [6, 6.07) is 10.2. The van der Waals surface area contributed by atoms with E-state index in [1.807, 2.05) is 0 Å². The molecule has 1 aromatic carbocycles. The summed E-state index contributed by atoms with van der Waals surface area (Å²) in [5.41, 5.74) is 2.81. The van der Waals surface area contributed by atoms with Gasteiger partial charge in [-0.2, -0.15) is 0 Å². The molecule has 0 aliphatic heterocycles. The van der Waals surface area contributed by atoms with Gasteiger partial charge in [0.2, 0.25) is 0 Å². The molecule has 112 valence electrons. The lowest BCUT2D eigenvalue weighted by Crippen LogP contribution is -2.44. The molecular formula is C18H30N2. The summed E-state index contributed by atoms with van der Waals surface area (Å²) in [4.78, 5) is 2.29. The van der Waals surface area contributed by atoms with E-state index in [1.165, 1.54) is 24.0 Å². The second-order valence-electron chi connectivity index (χ2n) is 7.01. The van der Waals surface area contributed by atoms with Crippen LogP contribution in [0.15, 0.2) is 24.3 Å². The topological polar surface area (TPSA) is 15.3 Å². The summed E-state index contributed by atoms with van der Waals surface area (Å²) < 4.78 is 0. The summed E-state index contributed by atoms with van der Waals surface area (Å²) in [5, 5.41) is 3.94. The van der Waals surface area contributed by atoms with Gasteiger partial charge in [-0.3, -0.25) is 0 Å². The van der Waals surface area contributed by atoms with Crippen LogP contribution in [-0.4, -0.2) is 31.6 Å². The molecular weight excluding hydrogens is 244 g/mol. The molecule has 0 spiro atoms. The maximum Gasteiger partial charge on any atom is 0.0351 e. The molecule has 1 saturated carbocycles. The van der Waals surface area contributed by atoms with Crippen LogP contribution >= 0.6 is 0 Å². The quantitative estimate of drug-likeness (QED) is 0.817. The van der Waals surface area contributed by atoms with E-state index in [4.69, 9.17) is 0 Å². The molecule has 1 aliphatic carbocycles. The van der Waals surface area contributed by atoms with Gasteiger partial charge in [0.15, 0.2) is 0 Å². The predicted octanol–water partition coefficient (Wildman–Crippen LogP) is 3.62. The van der Waals surface area contributed by atoms with Gasteiger partial charge >= 0.3 is 0 Å². The van der Waals surface area contributed by atoms with Gasteiger partial charge in [0.1, 0.15) is 0 Å². The number of likely N-dealkylation sites (N-methyl/N-ethyl adjacent to an activating group) is 1. The van der Waals surface area contributed by atoms with Crippen molar-refractivity contribution in [2.24, 2.45) is 11.8 Å². The van der Waals surface area contributed by atoms with Crippen molar-refractivity contribution < 1.29 is 0 Å². The number of hydrogen-bond acceptors (Lipinski definition) is 2. The fraction of sp³-hybridized carbons (Fsp3) is 0.667. The average Bonchev–Trinajstić information content (AvgIpc) is 3.19. The molecule has 0 saturated heterocycles. The summed E-state index contributed by atoms with van der Waals surface area (Å²) in [5.74, 6) is 1.49. The molecule has 0 amide bonds. The van der Waals surface area contributed by atoms with Crippen LogP contribution in [0.3, 0.4) is 0 Å². The Morgan fingerprint density at radius 1 is 1.15 bits per heavy atom. The molecule has 2 rings (SSSR count). The Hall–Kier alpha value is -0.860. The smallest absolute Gasteiger partial charge is 0.0351 e. The van der Waals surface area contributed by atoms with E-state index in [0.717, 1.165) is 12.5 Å². The van der Waals surface area contributed by atoms with E-state index in [-0.39, 0.29) is 0 Å². The van der Waals surface area contributed by atoms with Gasteiger partial charge < -0.3 is 10.2 Å². The van der Waals surface area contributed by atoms with Gasteiger partial charge in [-0.05, 0) is 51.3 Å². The number of hydrogen-bond donors (Lipinski definition) is 1. The lowest BCUT2D eigenvalue weighted by molar-refractivity contribution is 0.260. The Morgan fingerprint density at radius 2 is 1.75 bits per heavy atom. The van der Waals surface area contributed by atoms with Crippen LogP contribution in [-0.2, 0) is 0 Å². The van der Waals surface area contributed by atoms with Crippen molar-refractivity contribution in [1.29, 1.82) is 0 Å². The number of nitrogens with one attached hydrogen (secondary N) is 1. The molecule has 20 heavy (non-hydrogen) atoms. The number of aryl methyl sites for hydroxylation is 1. The van der Waals surface area contributed by atoms with Gasteiger partial charge in [-0.15, -0.1) is 0 Å². The van der Waals surface area contributed by atoms with E-state index >= 15 is 0 Å². The van der Waals surface area contributed by atoms with E-state index in [2.05, 4.69) is 69.3 Å². The highest BCUT2D eigenvalue weighted by Crippen LogP contribution is 2.41. The standard InChI is InChI=1S/C18H30N2/c1-13(2)17(12-20(4)5)19-18(16-10-11-16)15-8-6-14(3)7-9-15/h6-9,13,16-19H,10-12H2,1-5H3. The average molecular weight is 274 g/mol. The number of nitrogens with zero attached hydrogens (tertiary/aromatic N) is 1. The minimum Gasteiger partial charge on any atom is -0.308 e. The Kier molecular flexibility index (Phi) is 5.22. The first-order valence-electron chi connectivity index (χ1n) is 7.94. The molecule has 2 nitrogen and oxygen atoms in total. The van der Waals surface area contributed by atoms with Crippen LogP contribution in [0.2, 0.25) is 0 Å². The lowest BCUT2D eigenvalue weighted by atomic mass is 9.96. The summed E-state index contributed by atoms with van der Waals surface area (Å²) >= 11 is 0. The minimum atomic E-state index is 0.531. The highest BCUT2D eigenvalue weighted by Gasteiger charge is 2.34. The maximum absolute atomic E-state index is 3.94. The van der Waals surface area contributed by atoms with Gasteiger partial charge in [0, 0.05) is 18.6 Å². The molecule has 0 aromatic heterocycles. The van der Waals surface area contributed by atoms with Crippen molar-refractivity contribution in [3.63, 3.8) is 0 Å². The predicted molar refractivity (Wildman–Crippen MR) is 87.0 cm³/mol. The van der Waals surface area contributed by atoms with Crippen LogP contribution < -0.4 is 5.32 Å². The summed E-state index contributed by atoms with van der Waals surface area (Å²) in [6.45, 7) is 7.90. The third kappa shape index (κ3) is 4.32. The highest BCUT2D eigenvalue weighted by atomic mass is 15.1. The Labute approximate surface area is 124 Å². The zero-order valence-corrected chi connectivity index (χ0v) is 13.7. The van der Waals surface area contributed by atoms with E-state index < -0.39 is 0 Å². The van der Waals surface area contributed by atoms with Gasteiger partial charge in [-0.1, -0.05) is 43.7 Å². The second-order valence-corrected chi connectivity index (χ2v) is 7.01. The third-order valence-electron chi connectivity index (χ3n) is 4.29. The molecule has 1 aliphatic rings. The molecule has 0 bridgehead atoms. The Balaban J connectivity index is 2.10. The molecule has 2 heteroatoms. The van der Waals surface area contributed by atoms with Crippen LogP contribution in [0.25, 0.3) is 0 Å². The molecule has 2 atom stereocenters. The van der Waals surface area contributed by atoms with Crippen molar-refractivity contribution in [2.75, 3.05) is 20.6 Å². The molecule has 0 heterocycles. The lowest BCUT2D eigenvalue weighted by Gasteiger charge is -2.31. The monoisotopic (exact) mass is 274 g/mol. The molecule has 1 aromatic rings. The van der Waals surface area contributed by atoms with E-state index in [9.17, 15) is 0 Å². The first-order chi connectivity index (χ1) is 9.47. The van der Waals surface area contributed by atoms with Crippen LogP contribution in [0.4, 0.5) is 0 Å². The highest BCUT2D eigenvalue weighted by molar-refractivity contribution is 5.25. The van der Waals surface area contributed by atoms with Crippen LogP contribution in [0.5, 0.6) is 0 Å². The zero-order chi connectivity index (χ0) is 14.7. The summed E-state index contributed by atoms with van der Waals surface area (Å²) in [6.07, 6.45) is 2.75. The fourth-order valence-electron chi connectivity index (χ4n) is 2.79. The SMILES string of the molecule is Cc1ccc(C(NC(CN(C)C)C(C)C)C2CC2)cc1. The normalized spacial score (nSPS) is 18.6. The van der Waals surface area contributed by atoms with Crippen LogP contribution in [0.1, 0.15) is 43.9 Å². The number of benzene rings is 1. The third-order valence-corrected chi connectivity index (χ3v) is 4.29. The van der Waals surface area contributed by atoms with Gasteiger partial charge in [0.25, 0.3) is 0 Å². The first kappa shape index (κ1) is 15.5. The van der Waals surface area contributed by atoms with E-state index in [1.54, 1.807) is 0 Å². The molecule has 1 fully saturated rings. The Morgan fingerprint density at radius 3 is 2.20 bits per heavy atom. The fourth-order valence-corrected chi connectivity index (χ4v) is 2.79. The largest absolute Gasteiger partial charge is 0.308 e. The number of rotatable bonds is 7. The molecule has 0 radical (unpaired) electrons.